The number of rotatable bonds is 1. The second-order valence-electron chi connectivity index (χ2n) is 5.16. The largest absolute Gasteiger partial charge is 0.417 e. The summed E-state index contributed by atoms with van der Waals surface area (Å²) < 4.78 is 38.8. The highest BCUT2D eigenvalue weighted by Gasteiger charge is 2.32. The van der Waals surface area contributed by atoms with Gasteiger partial charge in [-0.25, -0.2) is 0 Å². The van der Waals surface area contributed by atoms with Crippen LogP contribution in [0.4, 0.5) is 13.2 Å². The third-order valence-electron chi connectivity index (χ3n) is 3.85. The van der Waals surface area contributed by atoms with Gasteiger partial charge >= 0.3 is 6.18 Å². The van der Waals surface area contributed by atoms with Crippen LogP contribution in [0.2, 0.25) is 0 Å². The van der Waals surface area contributed by atoms with Crippen LogP contribution in [0.5, 0.6) is 0 Å². The topological polar surface area (TPSA) is 24.9 Å². The second kappa shape index (κ2) is 5.05. The van der Waals surface area contributed by atoms with E-state index in [1.165, 1.54) is 12.3 Å². The minimum atomic E-state index is -4.34. The molecule has 2 nitrogen and oxygen atoms in total. The van der Waals surface area contributed by atoms with Crippen molar-refractivity contribution in [2.45, 2.75) is 24.9 Å². The Kier molecular flexibility index (Phi) is 3.38. The molecule has 1 aromatic heterocycles. The van der Waals surface area contributed by atoms with Gasteiger partial charge < -0.3 is 5.32 Å². The van der Waals surface area contributed by atoms with Crippen LogP contribution in [0.1, 0.15) is 30.0 Å². The Morgan fingerprint density at radius 3 is 2.60 bits per heavy atom. The molecule has 2 aromatic rings. The Labute approximate surface area is 115 Å². The Morgan fingerprint density at radius 2 is 1.90 bits per heavy atom. The lowest BCUT2D eigenvalue weighted by atomic mass is 9.93. The molecule has 2 heterocycles. The quantitative estimate of drug-likeness (QED) is 0.861. The predicted octanol–water partition coefficient (Wildman–Crippen LogP) is 3.72. The number of hydrogen-bond acceptors (Lipinski definition) is 2. The minimum Gasteiger partial charge on any atom is -0.317 e. The van der Waals surface area contributed by atoms with Crippen molar-refractivity contribution in [3.05, 3.63) is 41.7 Å². The highest BCUT2D eigenvalue weighted by atomic mass is 19.4. The van der Waals surface area contributed by atoms with Gasteiger partial charge in [0, 0.05) is 23.2 Å². The number of fused-ring (bicyclic) bond motifs is 1. The summed E-state index contributed by atoms with van der Waals surface area (Å²) in [5, 5.41) is 4.07. The van der Waals surface area contributed by atoms with Crippen LogP contribution in [0.15, 0.2) is 30.5 Å². The molecule has 1 aliphatic rings. The van der Waals surface area contributed by atoms with E-state index >= 15 is 0 Å². The molecule has 0 bridgehead atoms. The van der Waals surface area contributed by atoms with E-state index < -0.39 is 11.7 Å². The molecule has 106 valence electrons. The minimum absolute atomic E-state index is 0.178. The predicted molar refractivity (Wildman–Crippen MR) is 71.6 cm³/mol. The third-order valence-corrected chi connectivity index (χ3v) is 3.85. The van der Waals surface area contributed by atoms with Gasteiger partial charge in [0.15, 0.2) is 0 Å². The van der Waals surface area contributed by atoms with E-state index in [1.54, 1.807) is 12.1 Å². The Balaban J connectivity index is 2.04. The lowest BCUT2D eigenvalue weighted by Crippen LogP contribution is -2.27. The summed E-state index contributed by atoms with van der Waals surface area (Å²) in [4.78, 5) is 4.28. The average Bonchev–Trinajstić information content (AvgIpc) is 2.46. The van der Waals surface area contributed by atoms with Gasteiger partial charge in [0.1, 0.15) is 0 Å². The van der Waals surface area contributed by atoms with E-state index in [2.05, 4.69) is 10.3 Å². The number of hydrogen-bond donors (Lipinski definition) is 1. The number of nitrogens with one attached hydrogen (secondary N) is 1. The molecule has 0 amide bonds. The van der Waals surface area contributed by atoms with Crippen LogP contribution in [0.25, 0.3) is 10.8 Å². The maximum absolute atomic E-state index is 12.9. The summed E-state index contributed by atoms with van der Waals surface area (Å²) in [6.45, 7) is 1.87. The number of halogens is 3. The van der Waals surface area contributed by atoms with Crippen LogP contribution in [0.3, 0.4) is 0 Å². The van der Waals surface area contributed by atoms with Gasteiger partial charge in [-0.15, -0.1) is 0 Å². The van der Waals surface area contributed by atoms with Crippen molar-refractivity contribution in [1.29, 1.82) is 0 Å². The van der Waals surface area contributed by atoms with Crippen molar-refractivity contribution in [2.24, 2.45) is 0 Å². The van der Waals surface area contributed by atoms with Crippen LogP contribution in [-0.2, 0) is 6.18 Å². The number of pyridine rings is 1. The summed E-state index contributed by atoms with van der Waals surface area (Å²) in [7, 11) is 0. The van der Waals surface area contributed by atoms with Gasteiger partial charge in [0.25, 0.3) is 0 Å². The maximum atomic E-state index is 12.9. The molecule has 0 aliphatic carbocycles. The fourth-order valence-corrected chi connectivity index (χ4v) is 2.78. The highest BCUT2D eigenvalue weighted by molar-refractivity contribution is 5.85. The molecule has 0 spiro atoms. The normalized spacial score (nSPS) is 17.6. The summed E-state index contributed by atoms with van der Waals surface area (Å²) in [6, 6.07) is 6.09. The Hall–Kier alpha value is -1.62. The van der Waals surface area contributed by atoms with Crippen molar-refractivity contribution in [1.82, 2.24) is 10.3 Å². The number of benzene rings is 1. The summed E-state index contributed by atoms with van der Waals surface area (Å²) in [5.41, 5.74) is 0.290. The van der Waals surface area contributed by atoms with Gasteiger partial charge in [-0.3, -0.25) is 4.98 Å². The molecule has 1 N–H and O–H groups in total. The molecular formula is C15H15F3N2. The standard InChI is InChI=1S/C15H15F3N2/c16-15(17,18)13-3-1-2-11-8-14(20-9-12(11)13)10-4-6-19-7-5-10/h1-3,8-10,19H,4-7H2. The van der Waals surface area contributed by atoms with E-state index in [1.807, 2.05) is 0 Å². The zero-order valence-corrected chi connectivity index (χ0v) is 10.9. The molecule has 5 heteroatoms. The maximum Gasteiger partial charge on any atom is 0.417 e. The van der Waals surface area contributed by atoms with E-state index in [9.17, 15) is 13.2 Å². The first-order valence-electron chi connectivity index (χ1n) is 6.72. The fraction of sp³-hybridized carbons (Fsp3) is 0.400. The Bertz CT molecular complexity index is 616. The number of alkyl halides is 3. The lowest BCUT2D eigenvalue weighted by molar-refractivity contribution is -0.136. The van der Waals surface area contributed by atoms with Gasteiger partial charge in [-0.1, -0.05) is 12.1 Å². The summed E-state index contributed by atoms with van der Waals surface area (Å²) in [6.07, 6.45) is -0.998. The Morgan fingerprint density at radius 1 is 1.15 bits per heavy atom. The number of piperidine rings is 1. The zero-order valence-electron chi connectivity index (χ0n) is 10.9. The van der Waals surface area contributed by atoms with E-state index in [-0.39, 0.29) is 5.39 Å². The van der Waals surface area contributed by atoms with E-state index in [0.29, 0.717) is 11.3 Å². The van der Waals surface area contributed by atoms with Gasteiger partial charge in [-0.05, 0) is 43.5 Å². The molecule has 1 fully saturated rings. The molecule has 1 aromatic carbocycles. The fourth-order valence-electron chi connectivity index (χ4n) is 2.78. The molecule has 0 saturated carbocycles. The SMILES string of the molecule is FC(F)(F)c1cccc2cc(C3CCNCC3)ncc12. The molecule has 1 saturated heterocycles. The average molecular weight is 280 g/mol. The first-order chi connectivity index (χ1) is 9.55. The smallest absolute Gasteiger partial charge is 0.317 e. The molecule has 0 unspecified atom stereocenters. The van der Waals surface area contributed by atoms with Crippen LogP contribution >= 0.6 is 0 Å². The number of nitrogens with zero attached hydrogens (tertiary/aromatic N) is 1. The lowest BCUT2D eigenvalue weighted by Gasteiger charge is -2.22. The van der Waals surface area contributed by atoms with Gasteiger partial charge in [-0.2, -0.15) is 13.2 Å². The van der Waals surface area contributed by atoms with E-state index in [4.69, 9.17) is 0 Å². The molecule has 0 radical (unpaired) electrons. The zero-order chi connectivity index (χ0) is 14.2. The molecular weight excluding hydrogens is 265 g/mol. The van der Waals surface area contributed by atoms with Crippen molar-refractivity contribution >= 4 is 10.8 Å². The van der Waals surface area contributed by atoms with Crippen LogP contribution in [-0.4, -0.2) is 18.1 Å². The first kappa shape index (κ1) is 13.4. The highest BCUT2D eigenvalue weighted by Crippen LogP contribution is 2.35. The molecule has 1 aliphatic heterocycles. The molecule has 3 rings (SSSR count). The van der Waals surface area contributed by atoms with Crippen LogP contribution < -0.4 is 5.32 Å². The summed E-state index contributed by atoms with van der Waals surface area (Å²) in [5.74, 6) is 0.343. The number of aromatic nitrogens is 1. The van der Waals surface area contributed by atoms with Crippen molar-refractivity contribution in [3.63, 3.8) is 0 Å². The van der Waals surface area contributed by atoms with Crippen molar-refractivity contribution < 1.29 is 13.2 Å². The van der Waals surface area contributed by atoms with Crippen molar-refractivity contribution in [3.8, 4) is 0 Å². The third kappa shape index (κ3) is 2.50. The van der Waals surface area contributed by atoms with Gasteiger partial charge in [0.05, 0.1) is 5.56 Å². The monoisotopic (exact) mass is 280 g/mol. The van der Waals surface area contributed by atoms with Crippen molar-refractivity contribution in [2.75, 3.05) is 13.1 Å². The first-order valence-corrected chi connectivity index (χ1v) is 6.72. The summed E-state index contributed by atoms with van der Waals surface area (Å²) >= 11 is 0. The molecule has 20 heavy (non-hydrogen) atoms. The van der Waals surface area contributed by atoms with Crippen LogP contribution in [0, 0.1) is 0 Å². The van der Waals surface area contributed by atoms with E-state index in [0.717, 1.165) is 37.7 Å². The molecule has 0 atom stereocenters. The second-order valence-corrected chi connectivity index (χ2v) is 5.16. The van der Waals surface area contributed by atoms with Gasteiger partial charge in [0.2, 0.25) is 0 Å².